The third-order valence-electron chi connectivity index (χ3n) is 2.11. The van der Waals surface area contributed by atoms with Crippen molar-refractivity contribution in [2.75, 3.05) is 0 Å². The summed E-state index contributed by atoms with van der Waals surface area (Å²) in [6.45, 7) is 0. The predicted molar refractivity (Wildman–Crippen MR) is 57.8 cm³/mol. The number of nitriles is 1. The Morgan fingerprint density at radius 2 is 1.82 bits per heavy atom. The van der Waals surface area contributed by atoms with E-state index in [9.17, 15) is 9.50 Å². The first-order chi connectivity index (χ1) is 8.19. The zero-order chi connectivity index (χ0) is 12.3. The number of hydrogen-bond acceptors (Lipinski definition) is 2. The number of halogens is 1. The van der Waals surface area contributed by atoms with Crippen LogP contribution in [0.4, 0.5) is 4.39 Å². The quantitative estimate of drug-likeness (QED) is 0.787. The largest absolute Gasteiger partial charge is 0.454 e. The highest BCUT2D eigenvalue weighted by molar-refractivity contribution is 5.39. The summed E-state index contributed by atoms with van der Waals surface area (Å²) in [7, 11) is 0. The van der Waals surface area contributed by atoms with E-state index in [1.54, 1.807) is 0 Å². The van der Waals surface area contributed by atoms with Gasteiger partial charge in [0.25, 0.3) is 0 Å². The molecule has 2 rings (SSSR count). The fraction of sp³-hybridized carbons (Fsp3) is 0. The van der Waals surface area contributed by atoms with Crippen LogP contribution in [0.2, 0.25) is 0 Å². The van der Waals surface area contributed by atoms with E-state index in [1.165, 1.54) is 36.4 Å². The Kier molecular flexibility index (Phi) is 2.93. The zero-order valence-electron chi connectivity index (χ0n) is 8.68. The van der Waals surface area contributed by atoms with Crippen LogP contribution >= 0.6 is 0 Å². The van der Waals surface area contributed by atoms with E-state index in [0.717, 1.165) is 6.07 Å². The monoisotopic (exact) mass is 228 g/mol. The minimum absolute atomic E-state index is 0.0163. The van der Waals surface area contributed by atoms with Gasteiger partial charge in [-0.05, 0) is 42.5 Å². The molecule has 3 nitrogen and oxygen atoms in total. The van der Waals surface area contributed by atoms with Gasteiger partial charge in [0, 0.05) is 0 Å². The third-order valence-corrected chi connectivity index (χ3v) is 2.11. The summed E-state index contributed by atoms with van der Waals surface area (Å²) in [5.41, 5.74) is 0.227. The lowest BCUT2D eigenvalue weighted by Crippen LogP contribution is -1.89. The lowest BCUT2D eigenvalue weighted by atomic mass is 10.2. The summed E-state index contributed by atoms with van der Waals surface area (Å²) in [6, 6.07) is 11.3. The molecule has 0 bridgehead atoms. The maximum atomic E-state index is 13.5. The Labute approximate surface area is 97.3 Å². The number of rotatable bonds is 2. The summed E-state index contributed by atoms with van der Waals surface area (Å²) >= 11 is 0. The molecule has 2 aromatic rings. The van der Waals surface area contributed by atoms with Crippen LogP contribution in [-0.2, 0) is 5.11 Å². The Hall–Kier alpha value is -2.54. The summed E-state index contributed by atoms with van der Waals surface area (Å²) in [5, 5.41) is 19.4. The van der Waals surface area contributed by atoms with Gasteiger partial charge >= 0.3 is 0 Å². The van der Waals surface area contributed by atoms with E-state index < -0.39 is 5.82 Å². The Morgan fingerprint density at radius 3 is 2.41 bits per heavy atom. The summed E-state index contributed by atoms with van der Waals surface area (Å²) in [6.07, 6.45) is 0. The first kappa shape index (κ1) is 11.0. The highest BCUT2D eigenvalue weighted by Gasteiger charge is 2.06. The van der Waals surface area contributed by atoms with Gasteiger partial charge in [-0.2, -0.15) is 5.26 Å². The third kappa shape index (κ3) is 2.52. The van der Waals surface area contributed by atoms with Gasteiger partial charge in [-0.1, -0.05) is 0 Å². The van der Waals surface area contributed by atoms with Crippen molar-refractivity contribution in [1.29, 1.82) is 5.26 Å². The molecule has 2 aromatic carbocycles. The molecule has 1 radical (unpaired) electrons. The molecule has 0 saturated carbocycles. The van der Waals surface area contributed by atoms with Crippen LogP contribution in [0.3, 0.4) is 0 Å². The number of hydrogen-bond donors (Lipinski definition) is 0. The topological polar surface area (TPSA) is 52.9 Å². The van der Waals surface area contributed by atoms with Crippen LogP contribution in [0, 0.1) is 17.1 Å². The Balaban J connectivity index is 2.25. The van der Waals surface area contributed by atoms with Gasteiger partial charge in [0.2, 0.25) is 0 Å². The average Bonchev–Trinajstić information content (AvgIpc) is 2.34. The minimum Gasteiger partial charge on any atom is -0.454 e. The molecule has 0 aromatic heterocycles. The number of nitrogens with zero attached hydrogens (tertiary/aromatic N) is 1. The molecule has 0 amide bonds. The second-order valence-electron chi connectivity index (χ2n) is 3.33. The van der Waals surface area contributed by atoms with Gasteiger partial charge in [-0.15, -0.1) is 0 Å². The maximum Gasteiger partial charge on any atom is 0.178 e. The van der Waals surface area contributed by atoms with Gasteiger partial charge in [0.15, 0.2) is 17.3 Å². The molecule has 0 aliphatic carbocycles. The normalized spacial score (nSPS) is 9.65. The summed E-state index contributed by atoms with van der Waals surface area (Å²) in [4.78, 5) is 0. The van der Waals surface area contributed by atoms with Crippen LogP contribution in [0.5, 0.6) is 17.2 Å². The lowest BCUT2D eigenvalue weighted by Gasteiger charge is -2.06. The van der Waals surface area contributed by atoms with Crippen LogP contribution in [-0.4, -0.2) is 0 Å². The smallest absolute Gasteiger partial charge is 0.178 e. The van der Waals surface area contributed by atoms with Gasteiger partial charge in [-0.25, -0.2) is 4.39 Å². The summed E-state index contributed by atoms with van der Waals surface area (Å²) in [5.74, 6) is -0.372. The fourth-order valence-corrected chi connectivity index (χ4v) is 1.29. The molecule has 0 N–H and O–H groups in total. The van der Waals surface area contributed by atoms with Crippen LogP contribution < -0.4 is 4.74 Å². The fourth-order valence-electron chi connectivity index (χ4n) is 1.29. The van der Waals surface area contributed by atoms with E-state index in [4.69, 9.17) is 10.00 Å². The van der Waals surface area contributed by atoms with Gasteiger partial charge < -0.3 is 4.74 Å². The van der Waals surface area contributed by atoms with Crippen molar-refractivity contribution in [2.45, 2.75) is 0 Å². The Morgan fingerprint density at radius 1 is 1.12 bits per heavy atom. The van der Waals surface area contributed by atoms with Crippen molar-refractivity contribution >= 4 is 0 Å². The van der Waals surface area contributed by atoms with E-state index in [0.29, 0.717) is 5.75 Å². The Bertz CT molecular complexity index is 573. The van der Waals surface area contributed by atoms with Crippen molar-refractivity contribution in [1.82, 2.24) is 0 Å². The molecule has 0 heterocycles. The predicted octanol–water partition coefficient (Wildman–Crippen LogP) is 3.63. The number of benzene rings is 2. The van der Waals surface area contributed by atoms with Crippen molar-refractivity contribution < 1.29 is 14.2 Å². The molecular formula is C13H7FNO2. The first-order valence-corrected chi connectivity index (χ1v) is 4.83. The molecule has 0 spiro atoms. The van der Waals surface area contributed by atoms with Crippen LogP contribution in [0.15, 0.2) is 42.5 Å². The van der Waals surface area contributed by atoms with E-state index in [1.807, 2.05) is 6.07 Å². The van der Waals surface area contributed by atoms with Crippen molar-refractivity contribution in [2.24, 2.45) is 0 Å². The molecule has 0 fully saturated rings. The van der Waals surface area contributed by atoms with E-state index in [-0.39, 0.29) is 17.1 Å². The molecule has 0 atom stereocenters. The average molecular weight is 228 g/mol. The van der Waals surface area contributed by atoms with E-state index in [2.05, 4.69) is 0 Å². The summed E-state index contributed by atoms with van der Waals surface area (Å²) < 4.78 is 18.7. The van der Waals surface area contributed by atoms with Crippen molar-refractivity contribution in [3.8, 4) is 23.3 Å². The van der Waals surface area contributed by atoms with Crippen LogP contribution in [0.25, 0.3) is 0 Å². The SMILES string of the molecule is N#Cc1ccc(Oc2ccc([O])cc2)c(F)c1. The molecule has 4 heteroatoms. The van der Waals surface area contributed by atoms with Gasteiger partial charge in [0.05, 0.1) is 11.6 Å². The van der Waals surface area contributed by atoms with Crippen LogP contribution in [0.1, 0.15) is 5.56 Å². The van der Waals surface area contributed by atoms with E-state index >= 15 is 0 Å². The number of ether oxygens (including phenoxy) is 1. The van der Waals surface area contributed by atoms with Gasteiger partial charge in [0.1, 0.15) is 5.75 Å². The lowest BCUT2D eigenvalue weighted by molar-refractivity contribution is 0.353. The molecule has 0 aliphatic rings. The van der Waals surface area contributed by atoms with Gasteiger partial charge in [-0.3, -0.25) is 5.11 Å². The highest BCUT2D eigenvalue weighted by atomic mass is 19.1. The first-order valence-electron chi connectivity index (χ1n) is 4.83. The standard InChI is InChI=1S/C13H7FNO2/c14-12-7-9(8-15)1-6-13(12)17-11-4-2-10(16)3-5-11/h1-7H. The molecule has 83 valence electrons. The molecule has 0 aliphatic heterocycles. The second kappa shape index (κ2) is 4.54. The maximum absolute atomic E-state index is 13.5. The molecule has 17 heavy (non-hydrogen) atoms. The molecule has 0 unspecified atom stereocenters. The zero-order valence-corrected chi connectivity index (χ0v) is 8.68. The van der Waals surface area contributed by atoms with Crippen molar-refractivity contribution in [3.05, 3.63) is 53.8 Å². The highest BCUT2D eigenvalue weighted by Crippen LogP contribution is 2.26. The molecular weight excluding hydrogens is 221 g/mol. The second-order valence-corrected chi connectivity index (χ2v) is 3.33. The minimum atomic E-state index is -0.616. The van der Waals surface area contributed by atoms with Crippen molar-refractivity contribution in [3.63, 3.8) is 0 Å². The molecule has 0 saturated heterocycles.